The van der Waals surface area contributed by atoms with Crippen LogP contribution in [-0.2, 0) is 0 Å². The Bertz CT molecular complexity index is 372. The minimum atomic E-state index is 0.671. The summed E-state index contributed by atoms with van der Waals surface area (Å²) >= 11 is 0. The Morgan fingerprint density at radius 2 is 2.29 bits per heavy atom. The van der Waals surface area contributed by atoms with E-state index in [1.165, 1.54) is 23.3 Å². The molecule has 14 heavy (non-hydrogen) atoms. The molecule has 2 rings (SSSR count). The van der Waals surface area contributed by atoms with E-state index in [0.717, 1.165) is 13.0 Å². The van der Waals surface area contributed by atoms with E-state index in [0.29, 0.717) is 5.88 Å². The summed E-state index contributed by atoms with van der Waals surface area (Å²) < 4.78 is 5.06. The molecule has 0 radical (unpaired) electrons. The van der Waals surface area contributed by atoms with Gasteiger partial charge in [-0.05, 0) is 25.3 Å². The molecule has 0 saturated heterocycles. The highest BCUT2D eigenvalue weighted by Gasteiger charge is 2.12. The van der Waals surface area contributed by atoms with Crippen molar-refractivity contribution < 1.29 is 4.74 Å². The molecule has 0 amide bonds. The largest absolute Gasteiger partial charge is 0.481 e. The second-order valence-electron chi connectivity index (χ2n) is 3.47. The van der Waals surface area contributed by atoms with E-state index in [1.54, 1.807) is 7.11 Å². The highest BCUT2D eigenvalue weighted by atomic mass is 16.5. The lowest BCUT2D eigenvalue weighted by Gasteiger charge is -2.06. The molecule has 3 heteroatoms. The van der Waals surface area contributed by atoms with Crippen molar-refractivity contribution in [3.8, 4) is 5.88 Å². The van der Waals surface area contributed by atoms with Crippen molar-refractivity contribution in [1.29, 1.82) is 0 Å². The van der Waals surface area contributed by atoms with E-state index in [2.05, 4.69) is 16.9 Å². The van der Waals surface area contributed by atoms with Crippen molar-refractivity contribution in [3.05, 3.63) is 23.4 Å². The topological polar surface area (TPSA) is 34.5 Å². The molecule has 0 atom stereocenters. The van der Waals surface area contributed by atoms with Crippen molar-refractivity contribution in [1.82, 2.24) is 4.98 Å². The number of aliphatic imine (C=N–C) groups is 1. The normalized spacial score (nSPS) is 15.4. The van der Waals surface area contributed by atoms with Crippen molar-refractivity contribution in [2.45, 2.75) is 19.8 Å². The molecule has 0 bridgehead atoms. The maximum absolute atomic E-state index is 5.06. The fourth-order valence-electron chi connectivity index (χ4n) is 1.70. The zero-order chi connectivity index (χ0) is 9.97. The smallest absolute Gasteiger partial charge is 0.213 e. The predicted octanol–water partition coefficient (Wildman–Crippen LogP) is 1.98. The highest BCUT2D eigenvalue weighted by Crippen LogP contribution is 2.18. The van der Waals surface area contributed by atoms with Crippen LogP contribution in [0.25, 0.3) is 0 Å². The number of pyridine rings is 1. The molecule has 0 spiro atoms. The summed E-state index contributed by atoms with van der Waals surface area (Å²) in [4.78, 5) is 8.66. The van der Waals surface area contributed by atoms with Crippen LogP contribution in [0.5, 0.6) is 5.88 Å². The monoisotopic (exact) mass is 190 g/mol. The quantitative estimate of drug-likeness (QED) is 0.714. The van der Waals surface area contributed by atoms with Crippen molar-refractivity contribution >= 4 is 5.71 Å². The van der Waals surface area contributed by atoms with Crippen LogP contribution in [-0.4, -0.2) is 24.4 Å². The minimum Gasteiger partial charge on any atom is -0.481 e. The minimum absolute atomic E-state index is 0.671. The molecule has 3 nitrogen and oxygen atoms in total. The van der Waals surface area contributed by atoms with Crippen molar-refractivity contribution in [2.24, 2.45) is 4.99 Å². The van der Waals surface area contributed by atoms with Gasteiger partial charge < -0.3 is 4.74 Å². The summed E-state index contributed by atoms with van der Waals surface area (Å²) in [5, 5.41) is 0. The number of nitrogens with zero attached hydrogens (tertiary/aromatic N) is 2. The SMILES string of the molecule is COc1cc(C)c(C2=NCCC2)cn1. The summed E-state index contributed by atoms with van der Waals surface area (Å²) in [7, 11) is 1.63. The van der Waals surface area contributed by atoms with Crippen molar-refractivity contribution in [3.63, 3.8) is 0 Å². The Balaban J connectivity index is 2.34. The molecular weight excluding hydrogens is 176 g/mol. The number of ether oxygens (including phenoxy) is 1. The fraction of sp³-hybridized carbons (Fsp3) is 0.455. The van der Waals surface area contributed by atoms with Crippen LogP contribution in [0.2, 0.25) is 0 Å². The second-order valence-corrected chi connectivity index (χ2v) is 3.47. The first-order valence-corrected chi connectivity index (χ1v) is 4.85. The number of aryl methyl sites for hydroxylation is 1. The summed E-state index contributed by atoms with van der Waals surface area (Å²) in [5.41, 5.74) is 3.55. The molecule has 0 aromatic carbocycles. The van der Waals surface area contributed by atoms with E-state index in [-0.39, 0.29) is 0 Å². The van der Waals surface area contributed by atoms with Gasteiger partial charge in [0.05, 0.1) is 7.11 Å². The van der Waals surface area contributed by atoms with Gasteiger partial charge >= 0.3 is 0 Å². The molecule has 74 valence electrons. The van der Waals surface area contributed by atoms with Crippen LogP contribution in [0.1, 0.15) is 24.0 Å². The number of hydrogen-bond donors (Lipinski definition) is 0. The van der Waals surface area contributed by atoms with Gasteiger partial charge in [0.1, 0.15) is 0 Å². The van der Waals surface area contributed by atoms with Gasteiger partial charge in [0, 0.05) is 30.1 Å². The van der Waals surface area contributed by atoms with Gasteiger partial charge in [0.15, 0.2) is 0 Å². The average molecular weight is 190 g/mol. The number of hydrogen-bond acceptors (Lipinski definition) is 3. The third kappa shape index (κ3) is 1.62. The lowest BCUT2D eigenvalue weighted by Crippen LogP contribution is -2.01. The molecule has 2 heterocycles. The van der Waals surface area contributed by atoms with Crippen LogP contribution in [0, 0.1) is 6.92 Å². The van der Waals surface area contributed by atoms with Crippen LogP contribution < -0.4 is 4.74 Å². The van der Waals surface area contributed by atoms with Crippen LogP contribution in [0.4, 0.5) is 0 Å². The molecule has 1 aromatic rings. The second kappa shape index (κ2) is 3.78. The van der Waals surface area contributed by atoms with Gasteiger partial charge in [-0.15, -0.1) is 0 Å². The maximum atomic E-state index is 5.06. The zero-order valence-electron chi connectivity index (χ0n) is 8.58. The lowest BCUT2D eigenvalue weighted by molar-refractivity contribution is 0.397. The van der Waals surface area contributed by atoms with E-state index in [1.807, 2.05) is 12.3 Å². The Morgan fingerprint density at radius 3 is 2.86 bits per heavy atom. The molecular formula is C11H14N2O. The first-order valence-electron chi connectivity index (χ1n) is 4.85. The van der Waals surface area contributed by atoms with Crippen LogP contribution >= 0.6 is 0 Å². The Kier molecular flexibility index (Phi) is 2.48. The highest BCUT2D eigenvalue weighted by molar-refractivity contribution is 6.02. The fourth-order valence-corrected chi connectivity index (χ4v) is 1.70. The summed E-state index contributed by atoms with van der Waals surface area (Å²) in [6.45, 7) is 3.03. The third-order valence-corrected chi connectivity index (χ3v) is 2.48. The van der Waals surface area contributed by atoms with Gasteiger partial charge in [0.25, 0.3) is 0 Å². The van der Waals surface area contributed by atoms with Gasteiger partial charge in [-0.2, -0.15) is 0 Å². The maximum Gasteiger partial charge on any atom is 0.213 e. The van der Waals surface area contributed by atoms with Gasteiger partial charge in [-0.25, -0.2) is 4.98 Å². The Labute approximate surface area is 83.8 Å². The zero-order valence-corrected chi connectivity index (χ0v) is 8.58. The third-order valence-electron chi connectivity index (χ3n) is 2.48. The first kappa shape index (κ1) is 9.19. The van der Waals surface area contributed by atoms with Crippen LogP contribution in [0.15, 0.2) is 17.3 Å². The first-order chi connectivity index (χ1) is 6.81. The molecule has 1 aromatic heterocycles. The van der Waals surface area contributed by atoms with Gasteiger partial charge in [-0.3, -0.25) is 4.99 Å². The van der Waals surface area contributed by atoms with E-state index >= 15 is 0 Å². The van der Waals surface area contributed by atoms with Gasteiger partial charge in [-0.1, -0.05) is 0 Å². The van der Waals surface area contributed by atoms with Crippen LogP contribution in [0.3, 0.4) is 0 Å². The Hall–Kier alpha value is -1.38. The summed E-state index contributed by atoms with van der Waals surface area (Å²) in [6.07, 6.45) is 4.11. The van der Waals surface area contributed by atoms with Gasteiger partial charge in [0.2, 0.25) is 5.88 Å². The predicted molar refractivity (Wildman–Crippen MR) is 56.2 cm³/mol. The molecule has 0 fully saturated rings. The van der Waals surface area contributed by atoms with E-state index < -0.39 is 0 Å². The Morgan fingerprint density at radius 1 is 1.43 bits per heavy atom. The molecule has 1 aliphatic heterocycles. The number of rotatable bonds is 2. The lowest BCUT2D eigenvalue weighted by atomic mass is 10.1. The van der Waals surface area contributed by atoms with E-state index in [9.17, 15) is 0 Å². The molecule has 0 unspecified atom stereocenters. The average Bonchev–Trinajstić information content (AvgIpc) is 2.70. The number of aromatic nitrogens is 1. The number of methoxy groups -OCH3 is 1. The molecule has 1 aliphatic rings. The molecule has 0 saturated carbocycles. The van der Waals surface area contributed by atoms with E-state index in [4.69, 9.17) is 4.74 Å². The van der Waals surface area contributed by atoms with Crippen molar-refractivity contribution in [2.75, 3.05) is 13.7 Å². The summed E-state index contributed by atoms with van der Waals surface area (Å²) in [5.74, 6) is 0.671. The standard InChI is InChI=1S/C11H14N2O/c1-8-6-11(14-2)13-7-9(8)10-4-3-5-12-10/h6-7H,3-5H2,1-2H3. The molecule has 0 N–H and O–H groups in total. The summed E-state index contributed by atoms with van der Waals surface area (Å²) in [6, 6.07) is 1.95. The molecule has 0 aliphatic carbocycles.